The van der Waals surface area contributed by atoms with Gasteiger partial charge in [-0.25, -0.2) is 9.37 Å². The van der Waals surface area contributed by atoms with Gasteiger partial charge in [-0.05, 0) is 12.6 Å². The molecular formula is C14H18FN3O. The van der Waals surface area contributed by atoms with E-state index in [1.807, 2.05) is 17.7 Å². The lowest BCUT2D eigenvalue weighted by molar-refractivity contribution is 0.410. The van der Waals surface area contributed by atoms with Gasteiger partial charge in [0.2, 0.25) is 0 Å². The highest BCUT2D eigenvalue weighted by Gasteiger charge is 2.05. The minimum atomic E-state index is -0.263. The molecule has 0 aliphatic heterocycles. The van der Waals surface area contributed by atoms with E-state index in [1.165, 1.54) is 13.2 Å². The molecule has 0 fully saturated rings. The lowest BCUT2D eigenvalue weighted by atomic mass is 10.2. The van der Waals surface area contributed by atoms with Crippen molar-refractivity contribution in [3.8, 4) is 5.75 Å². The summed E-state index contributed by atoms with van der Waals surface area (Å²) in [7, 11) is 1.53. The molecule has 0 saturated carbocycles. The van der Waals surface area contributed by atoms with E-state index < -0.39 is 0 Å². The van der Waals surface area contributed by atoms with Gasteiger partial charge < -0.3 is 14.6 Å². The lowest BCUT2D eigenvalue weighted by Gasteiger charge is -2.06. The van der Waals surface area contributed by atoms with E-state index in [0.29, 0.717) is 17.9 Å². The fourth-order valence-electron chi connectivity index (χ4n) is 1.82. The average Bonchev–Trinajstić information content (AvgIpc) is 2.86. The third-order valence-electron chi connectivity index (χ3n) is 2.86. The highest BCUT2D eigenvalue weighted by Crippen LogP contribution is 2.17. The number of nitrogens with zero attached hydrogens (tertiary/aromatic N) is 2. The second-order valence-electron chi connectivity index (χ2n) is 4.28. The molecule has 2 rings (SSSR count). The molecule has 19 heavy (non-hydrogen) atoms. The number of hydrogen-bond donors (Lipinski definition) is 1. The summed E-state index contributed by atoms with van der Waals surface area (Å²) < 4.78 is 20.7. The monoisotopic (exact) mass is 263 g/mol. The molecule has 0 unspecified atom stereocenters. The van der Waals surface area contributed by atoms with E-state index >= 15 is 0 Å². The molecule has 0 aliphatic rings. The Morgan fingerprint density at radius 1 is 1.42 bits per heavy atom. The smallest absolute Gasteiger partial charge is 0.131 e. The Balaban J connectivity index is 2.06. The molecule has 1 aromatic carbocycles. The highest BCUT2D eigenvalue weighted by atomic mass is 19.1. The second kappa shape index (κ2) is 6.33. The van der Waals surface area contributed by atoms with Gasteiger partial charge in [0.25, 0.3) is 0 Å². The fourth-order valence-corrected chi connectivity index (χ4v) is 1.82. The standard InChI is InChI=1S/C14H18FN3O/c1-3-16-7-12-9-18(10-17-12)8-11-4-5-13(19-2)6-14(11)15/h4-6,9-10,16H,3,7-8H2,1-2H3. The molecule has 0 radical (unpaired) electrons. The van der Waals surface area contributed by atoms with Crippen molar-refractivity contribution in [1.82, 2.24) is 14.9 Å². The number of hydrogen-bond acceptors (Lipinski definition) is 3. The third kappa shape index (κ3) is 3.54. The molecule has 0 atom stereocenters. The van der Waals surface area contributed by atoms with Crippen molar-refractivity contribution in [3.05, 3.63) is 47.8 Å². The third-order valence-corrected chi connectivity index (χ3v) is 2.86. The second-order valence-corrected chi connectivity index (χ2v) is 4.28. The summed E-state index contributed by atoms with van der Waals surface area (Å²) in [5, 5.41) is 3.20. The summed E-state index contributed by atoms with van der Waals surface area (Å²) in [6.07, 6.45) is 3.64. The molecule has 102 valence electrons. The van der Waals surface area contributed by atoms with Crippen LogP contribution in [0.1, 0.15) is 18.2 Å². The van der Waals surface area contributed by atoms with Crippen LogP contribution in [0.3, 0.4) is 0 Å². The Bertz CT molecular complexity index is 539. The summed E-state index contributed by atoms with van der Waals surface area (Å²) in [5.74, 6) is 0.265. The van der Waals surface area contributed by atoms with Gasteiger partial charge in [-0.15, -0.1) is 0 Å². The molecule has 0 bridgehead atoms. The Hall–Kier alpha value is -1.88. The lowest BCUT2D eigenvalue weighted by Crippen LogP contribution is -2.11. The average molecular weight is 263 g/mol. The van der Waals surface area contributed by atoms with E-state index in [2.05, 4.69) is 10.3 Å². The normalized spacial score (nSPS) is 10.7. The maximum atomic E-state index is 13.8. The summed E-state index contributed by atoms with van der Waals surface area (Å²) in [4.78, 5) is 4.27. The molecule has 1 aromatic heterocycles. The van der Waals surface area contributed by atoms with Gasteiger partial charge in [-0.1, -0.05) is 13.0 Å². The van der Waals surface area contributed by atoms with Crippen LogP contribution in [0.15, 0.2) is 30.7 Å². The number of benzene rings is 1. The van der Waals surface area contributed by atoms with Gasteiger partial charge in [0, 0.05) is 24.4 Å². The first-order valence-corrected chi connectivity index (χ1v) is 6.26. The molecule has 1 N–H and O–H groups in total. The van der Waals surface area contributed by atoms with Crippen LogP contribution < -0.4 is 10.1 Å². The number of rotatable bonds is 6. The van der Waals surface area contributed by atoms with Crippen LogP contribution in [0.5, 0.6) is 5.75 Å². The van der Waals surface area contributed by atoms with Gasteiger partial charge in [0.05, 0.1) is 25.7 Å². The first kappa shape index (κ1) is 13.5. The van der Waals surface area contributed by atoms with Crippen LogP contribution >= 0.6 is 0 Å². The topological polar surface area (TPSA) is 39.1 Å². The van der Waals surface area contributed by atoms with Crippen LogP contribution in [0.25, 0.3) is 0 Å². The van der Waals surface area contributed by atoms with Crippen molar-refractivity contribution in [2.75, 3.05) is 13.7 Å². The number of aromatic nitrogens is 2. The molecule has 4 nitrogen and oxygen atoms in total. The number of ether oxygens (including phenoxy) is 1. The van der Waals surface area contributed by atoms with Crippen molar-refractivity contribution >= 4 is 0 Å². The minimum Gasteiger partial charge on any atom is -0.497 e. The zero-order valence-corrected chi connectivity index (χ0v) is 11.2. The molecular weight excluding hydrogens is 245 g/mol. The van der Waals surface area contributed by atoms with Crippen LogP contribution in [0, 0.1) is 5.82 Å². The largest absolute Gasteiger partial charge is 0.497 e. The van der Waals surface area contributed by atoms with Crippen molar-refractivity contribution in [2.24, 2.45) is 0 Å². The van der Waals surface area contributed by atoms with Crippen LogP contribution in [0.4, 0.5) is 4.39 Å². The molecule has 5 heteroatoms. The molecule has 0 amide bonds. The Morgan fingerprint density at radius 3 is 2.95 bits per heavy atom. The quantitative estimate of drug-likeness (QED) is 0.868. The first-order chi connectivity index (χ1) is 9.22. The maximum Gasteiger partial charge on any atom is 0.131 e. The van der Waals surface area contributed by atoms with Gasteiger partial charge in [0.15, 0.2) is 0 Å². The highest BCUT2D eigenvalue weighted by molar-refractivity contribution is 5.29. The predicted molar refractivity (Wildman–Crippen MR) is 71.7 cm³/mol. The van der Waals surface area contributed by atoms with E-state index in [9.17, 15) is 4.39 Å². The Morgan fingerprint density at radius 2 is 2.26 bits per heavy atom. The molecule has 0 saturated heterocycles. The minimum absolute atomic E-state index is 0.263. The van der Waals surface area contributed by atoms with E-state index in [0.717, 1.165) is 18.8 Å². The van der Waals surface area contributed by atoms with Gasteiger partial charge in [-0.2, -0.15) is 0 Å². The van der Waals surface area contributed by atoms with E-state index in [4.69, 9.17) is 4.74 Å². The zero-order valence-electron chi connectivity index (χ0n) is 11.2. The van der Waals surface area contributed by atoms with Crippen LogP contribution in [-0.2, 0) is 13.1 Å². The number of halogens is 1. The van der Waals surface area contributed by atoms with Gasteiger partial charge in [0.1, 0.15) is 11.6 Å². The number of imidazole rings is 1. The van der Waals surface area contributed by atoms with E-state index in [-0.39, 0.29) is 5.82 Å². The zero-order chi connectivity index (χ0) is 13.7. The van der Waals surface area contributed by atoms with Gasteiger partial charge >= 0.3 is 0 Å². The van der Waals surface area contributed by atoms with Crippen molar-refractivity contribution in [2.45, 2.75) is 20.0 Å². The van der Waals surface area contributed by atoms with E-state index in [1.54, 1.807) is 18.5 Å². The first-order valence-electron chi connectivity index (χ1n) is 6.26. The molecule has 0 aliphatic carbocycles. The Kier molecular flexibility index (Phi) is 4.52. The summed E-state index contributed by atoms with van der Waals surface area (Å²) in [6, 6.07) is 4.89. The van der Waals surface area contributed by atoms with Crippen LogP contribution in [0.2, 0.25) is 0 Å². The molecule has 2 aromatic rings. The van der Waals surface area contributed by atoms with Crippen LogP contribution in [-0.4, -0.2) is 23.2 Å². The summed E-state index contributed by atoms with van der Waals surface area (Å²) in [6.45, 7) is 4.15. The maximum absolute atomic E-state index is 13.8. The molecule has 1 heterocycles. The number of methoxy groups -OCH3 is 1. The van der Waals surface area contributed by atoms with Crippen molar-refractivity contribution in [1.29, 1.82) is 0 Å². The fraction of sp³-hybridized carbons (Fsp3) is 0.357. The summed E-state index contributed by atoms with van der Waals surface area (Å²) in [5.41, 5.74) is 1.57. The predicted octanol–water partition coefficient (Wildman–Crippen LogP) is 2.19. The number of nitrogens with one attached hydrogen (secondary N) is 1. The molecule has 0 spiro atoms. The van der Waals surface area contributed by atoms with Crippen molar-refractivity contribution in [3.63, 3.8) is 0 Å². The Labute approximate surface area is 112 Å². The summed E-state index contributed by atoms with van der Waals surface area (Å²) >= 11 is 0. The van der Waals surface area contributed by atoms with Crippen molar-refractivity contribution < 1.29 is 9.13 Å². The van der Waals surface area contributed by atoms with Gasteiger partial charge in [-0.3, -0.25) is 0 Å². The SMILES string of the molecule is CCNCc1cn(Cc2ccc(OC)cc2F)cn1.